The molecule has 3 nitrogen and oxygen atoms in total. The fourth-order valence-electron chi connectivity index (χ4n) is 1.85. The van der Waals surface area contributed by atoms with Gasteiger partial charge >= 0.3 is 0 Å². The lowest BCUT2D eigenvalue weighted by molar-refractivity contribution is -0.0995. The molecule has 2 rings (SSSR count). The summed E-state index contributed by atoms with van der Waals surface area (Å²) >= 11 is 0. The first-order valence-electron chi connectivity index (χ1n) is 5.40. The second-order valence-corrected chi connectivity index (χ2v) is 3.57. The summed E-state index contributed by atoms with van der Waals surface area (Å²) in [6, 6.07) is 0. The lowest BCUT2D eigenvalue weighted by Crippen LogP contribution is -2.70. The smallest absolute Gasteiger partial charge is 0.0782 e. The van der Waals surface area contributed by atoms with Crippen LogP contribution in [0.4, 0.5) is 0 Å². The van der Waals surface area contributed by atoms with Crippen molar-refractivity contribution < 1.29 is 4.74 Å². The largest absolute Gasteiger partial charge is 0.377 e. The van der Waals surface area contributed by atoms with Crippen LogP contribution >= 0.6 is 0 Å². The van der Waals surface area contributed by atoms with Crippen LogP contribution in [-0.2, 0) is 4.74 Å². The third-order valence-electron chi connectivity index (χ3n) is 2.66. The molecule has 0 saturated carbocycles. The first-order valence-corrected chi connectivity index (χ1v) is 5.40. The van der Waals surface area contributed by atoms with E-state index < -0.39 is 0 Å². The van der Waals surface area contributed by atoms with Crippen LogP contribution in [0.15, 0.2) is 0 Å². The summed E-state index contributed by atoms with van der Waals surface area (Å²) in [5, 5.41) is 3.53. The van der Waals surface area contributed by atoms with Gasteiger partial charge in [-0.2, -0.15) is 0 Å². The van der Waals surface area contributed by atoms with E-state index in [0.717, 1.165) is 19.8 Å². The van der Waals surface area contributed by atoms with Crippen molar-refractivity contribution in [2.75, 3.05) is 39.4 Å². The lowest BCUT2D eigenvalue weighted by atomic mass is 9.94. The quantitative estimate of drug-likeness (QED) is 0.652. The van der Waals surface area contributed by atoms with Gasteiger partial charge in [0.1, 0.15) is 0 Å². The van der Waals surface area contributed by atoms with E-state index in [2.05, 4.69) is 17.1 Å². The second kappa shape index (κ2) is 4.94. The topological polar surface area (TPSA) is 24.5 Å². The zero-order chi connectivity index (χ0) is 9.73. The van der Waals surface area contributed by atoms with E-state index in [1.807, 2.05) is 13.8 Å². The zero-order valence-electron chi connectivity index (χ0n) is 9.10. The molecule has 2 heterocycles. The molecule has 2 aliphatic rings. The molecule has 0 aromatic heterocycles. The molecule has 0 bridgehead atoms. The minimum atomic E-state index is 0.328. The first kappa shape index (κ1) is 11.0. The van der Waals surface area contributed by atoms with Gasteiger partial charge in [0.2, 0.25) is 0 Å². The minimum absolute atomic E-state index is 0.328. The van der Waals surface area contributed by atoms with Gasteiger partial charge in [0.15, 0.2) is 0 Å². The van der Waals surface area contributed by atoms with Gasteiger partial charge in [0.25, 0.3) is 0 Å². The highest BCUT2D eigenvalue weighted by molar-refractivity contribution is 4.99. The second-order valence-electron chi connectivity index (χ2n) is 3.57. The Balaban J connectivity index is 0.000000396. The molecule has 2 saturated heterocycles. The molecule has 2 aliphatic heterocycles. The summed E-state index contributed by atoms with van der Waals surface area (Å²) in [5.41, 5.74) is 0.328. The van der Waals surface area contributed by atoms with Crippen LogP contribution in [0.2, 0.25) is 0 Å². The maximum Gasteiger partial charge on any atom is 0.0782 e. The van der Waals surface area contributed by atoms with Gasteiger partial charge in [-0.05, 0) is 6.54 Å². The predicted molar refractivity (Wildman–Crippen MR) is 55.0 cm³/mol. The summed E-state index contributed by atoms with van der Waals surface area (Å²) in [6.45, 7) is 12.7. The maximum absolute atomic E-state index is 5.22. The third-order valence-corrected chi connectivity index (χ3v) is 2.66. The van der Waals surface area contributed by atoms with E-state index in [4.69, 9.17) is 4.74 Å². The van der Waals surface area contributed by atoms with Crippen molar-refractivity contribution in [1.82, 2.24) is 10.2 Å². The molecule has 0 atom stereocenters. The van der Waals surface area contributed by atoms with E-state index in [1.165, 1.54) is 19.6 Å². The monoisotopic (exact) mass is 186 g/mol. The van der Waals surface area contributed by atoms with Crippen molar-refractivity contribution in [2.45, 2.75) is 26.3 Å². The lowest BCUT2D eigenvalue weighted by Gasteiger charge is -2.48. The van der Waals surface area contributed by atoms with Crippen LogP contribution in [0.3, 0.4) is 0 Å². The van der Waals surface area contributed by atoms with E-state index in [1.54, 1.807) is 0 Å². The standard InChI is InChI=1S/C8H16N2O.C2H6/c1-2-10-4-3-9-8(5-10)6-11-7-8;1-2/h9H,2-7H2,1H3;1-2H3. The molecule has 2 fully saturated rings. The molecule has 0 aromatic carbocycles. The Labute approximate surface area is 81.4 Å². The van der Waals surface area contributed by atoms with Crippen LogP contribution in [0.25, 0.3) is 0 Å². The summed E-state index contributed by atoms with van der Waals surface area (Å²) in [7, 11) is 0. The zero-order valence-corrected chi connectivity index (χ0v) is 9.10. The van der Waals surface area contributed by atoms with Crippen LogP contribution in [0.1, 0.15) is 20.8 Å². The van der Waals surface area contributed by atoms with E-state index in [0.29, 0.717) is 5.54 Å². The van der Waals surface area contributed by atoms with Crippen molar-refractivity contribution in [1.29, 1.82) is 0 Å². The summed E-state index contributed by atoms with van der Waals surface area (Å²) in [4.78, 5) is 2.49. The molecule has 0 aromatic rings. The maximum atomic E-state index is 5.22. The van der Waals surface area contributed by atoms with Crippen molar-refractivity contribution >= 4 is 0 Å². The van der Waals surface area contributed by atoms with Crippen molar-refractivity contribution in [2.24, 2.45) is 0 Å². The Hall–Kier alpha value is -0.120. The van der Waals surface area contributed by atoms with E-state index >= 15 is 0 Å². The fourth-order valence-corrected chi connectivity index (χ4v) is 1.85. The average Bonchev–Trinajstić information content (AvgIpc) is 2.19. The van der Waals surface area contributed by atoms with Gasteiger partial charge in [-0.3, -0.25) is 0 Å². The molecule has 0 aliphatic carbocycles. The number of likely N-dealkylation sites (N-methyl/N-ethyl adjacent to an activating group) is 1. The number of hydrogen-bond donors (Lipinski definition) is 1. The number of nitrogens with zero attached hydrogens (tertiary/aromatic N) is 1. The summed E-state index contributed by atoms with van der Waals surface area (Å²) in [6.07, 6.45) is 0. The van der Waals surface area contributed by atoms with Gasteiger partial charge in [-0.1, -0.05) is 20.8 Å². The van der Waals surface area contributed by atoms with E-state index in [-0.39, 0.29) is 0 Å². The van der Waals surface area contributed by atoms with Crippen LogP contribution < -0.4 is 5.32 Å². The van der Waals surface area contributed by atoms with Crippen LogP contribution in [0.5, 0.6) is 0 Å². The Morgan fingerprint density at radius 1 is 1.38 bits per heavy atom. The molecule has 0 radical (unpaired) electrons. The Kier molecular flexibility index (Phi) is 4.16. The van der Waals surface area contributed by atoms with Gasteiger partial charge in [-0.25, -0.2) is 0 Å². The molecule has 13 heavy (non-hydrogen) atoms. The Morgan fingerprint density at radius 2 is 2.08 bits per heavy atom. The molecular weight excluding hydrogens is 164 g/mol. The molecule has 78 valence electrons. The molecule has 0 amide bonds. The van der Waals surface area contributed by atoms with Crippen molar-refractivity contribution in [3.63, 3.8) is 0 Å². The minimum Gasteiger partial charge on any atom is -0.377 e. The molecule has 0 unspecified atom stereocenters. The molecule has 1 N–H and O–H groups in total. The molecule has 1 spiro atoms. The number of piperazine rings is 1. The van der Waals surface area contributed by atoms with Gasteiger partial charge in [0.05, 0.1) is 18.8 Å². The third kappa shape index (κ3) is 2.42. The SMILES string of the molecule is CC.CCN1CCNC2(COC2)C1. The van der Waals surface area contributed by atoms with Crippen LogP contribution in [0, 0.1) is 0 Å². The first-order chi connectivity index (χ1) is 6.35. The number of rotatable bonds is 1. The number of nitrogens with one attached hydrogen (secondary N) is 1. The van der Waals surface area contributed by atoms with Crippen LogP contribution in [-0.4, -0.2) is 49.8 Å². The Bertz CT molecular complexity index is 146. The van der Waals surface area contributed by atoms with Gasteiger partial charge in [0, 0.05) is 19.6 Å². The van der Waals surface area contributed by atoms with Gasteiger partial charge < -0.3 is 15.0 Å². The highest BCUT2D eigenvalue weighted by atomic mass is 16.5. The molecule has 3 heteroatoms. The highest BCUT2D eigenvalue weighted by Crippen LogP contribution is 2.20. The average molecular weight is 186 g/mol. The summed E-state index contributed by atoms with van der Waals surface area (Å²) < 4.78 is 5.22. The van der Waals surface area contributed by atoms with Crippen molar-refractivity contribution in [3.05, 3.63) is 0 Å². The number of hydrogen-bond acceptors (Lipinski definition) is 3. The van der Waals surface area contributed by atoms with Gasteiger partial charge in [-0.15, -0.1) is 0 Å². The molecular formula is C10H22N2O. The number of ether oxygens (including phenoxy) is 1. The predicted octanol–water partition coefficient (Wildman–Crippen LogP) is 0.707. The summed E-state index contributed by atoms with van der Waals surface area (Å²) in [5.74, 6) is 0. The van der Waals surface area contributed by atoms with Crippen molar-refractivity contribution in [3.8, 4) is 0 Å². The fraction of sp³-hybridized carbons (Fsp3) is 1.00. The normalized spacial score (nSPS) is 26.1. The van der Waals surface area contributed by atoms with E-state index in [9.17, 15) is 0 Å². The Morgan fingerprint density at radius 3 is 2.54 bits per heavy atom. The highest BCUT2D eigenvalue weighted by Gasteiger charge is 2.41.